The van der Waals surface area contributed by atoms with Gasteiger partial charge in [-0.05, 0) is 18.2 Å². The van der Waals surface area contributed by atoms with Crippen LogP contribution in [0.1, 0.15) is 16.1 Å². The number of aromatic amines is 1. The molecule has 0 aliphatic rings. The number of nitrogens with one attached hydrogen (secondary N) is 2. The molecule has 0 unspecified atom stereocenters. The van der Waals surface area contributed by atoms with E-state index in [0.717, 1.165) is 11.7 Å². The van der Waals surface area contributed by atoms with E-state index in [-0.39, 0.29) is 11.3 Å². The molecule has 0 bridgehead atoms. The molecule has 1 aromatic heterocycles. The number of para-hydroxylation sites is 1. The normalized spacial score (nSPS) is 11.1. The zero-order chi connectivity index (χ0) is 16.4. The molecule has 0 aliphatic heterocycles. The minimum atomic E-state index is -0.654. The molecule has 23 heavy (non-hydrogen) atoms. The molecule has 2 aromatic carbocycles. The van der Waals surface area contributed by atoms with E-state index in [4.69, 9.17) is 0 Å². The molecule has 0 spiro atoms. The highest BCUT2D eigenvalue weighted by atomic mass is 16.3. The molecular weight excluding hydrogens is 300 g/mol. The highest BCUT2D eigenvalue weighted by Gasteiger charge is 2.13. The SMILES string of the molecule is O=C(N/N=C/c1ccc(O)c(O)c1O)c1n[nH]c2ccccc12. The van der Waals surface area contributed by atoms with Crippen LogP contribution in [0, 0.1) is 0 Å². The zero-order valence-electron chi connectivity index (χ0n) is 11.7. The van der Waals surface area contributed by atoms with Crippen molar-refractivity contribution in [1.82, 2.24) is 15.6 Å². The van der Waals surface area contributed by atoms with Gasteiger partial charge in [-0.2, -0.15) is 10.2 Å². The van der Waals surface area contributed by atoms with Crippen LogP contribution in [0.15, 0.2) is 41.5 Å². The van der Waals surface area contributed by atoms with E-state index in [1.54, 1.807) is 18.2 Å². The van der Waals surface area contributed by atoms with Gasteiger partial charge in [-0.25, -0.2) is 5.43 Å². The molecule has 8 nitrogen and oxygen atoms in total. The van der Waals surface area contributed by atoms with Crippen LogP contribution in [-0.2, 0) is 0 Å². The Balaban J connectivity index is 1.78. The molecule has 0 radical (unpaired) electrons. The Hall–Kier alpha value is -3.55. The van der Waals surface area contributed by atoms with E-state index in [2.05, 4.69) is 20.7 Å². The lowest BCUT2D eigenvalue weighted by atomic mass is 10.2. The van der Waals surface area contributed by atoms with Gasteiger partial charge in [0, 0.05) is 10.9 Å². The third kappa shape index (κ3) is 2.64. The number of fused-ring (bicyclic) bond motifs is 1. The highest BCUT2D eigenvalue weighted by Crippen LogP contribution is 2.36. The van der Waals surface area contributed by atoms with Gasteiger partial charge in [-0.1, -0.05) is 18.2 Å². The molecule has 3 rings (SSSR count). The number of carbonyl (C=O) groups excluding carboxylic acids is 1. The van der Waals surface area contributed by atoms with Gasteiger partial charge in [0.25, 0.3) is 5.91 Å². The van der Waals surface area contributed by atoms with Crippen molar-refractivity contribution in [3.8, 4) is 17.2 Å². The number of aromatic hydroxyl groups is 3. The molecule has 1 heterocycles. The third-order valence-electron chi connectivity index (χ3n) is 3.22. The maximum absolute atomic E-state index is 12.1. The Bertz CT molecular complexity index is 917. The molecule has 1 amide bonds. The summed E-state index contributed by atoms with van der Waals surface area (Å²) in [6.45, 7) is 0. The first-order valence-electron chi connectivity index (χ1n) is 6.58. The summed E-state index contributed by atoms with van der Waals surface area (Å²) in [5.74, 6) is -2.17. The Morgan fingerprint density at radius 1 is 1.13 bits per heavy atom. The molecule has 5 N–H and O–H groups in total. The van der Waals surface area contributed by atoms with Crippen LogP contribution >= 0.6 is 0 Å². The molecule has 0 fully saturated rings. The van der Waals surface area contributed by atoms with Crippen LogP contribution in [0.2, 0.25) is 0 Å². The largest absolute Gasteiger partial charge is 0.504 e. The van der Waals surface area contributed by atoms with Crippen LogP contribution < -0.4 is 5.43 Å². The van der Waals surface area contributed by atoms with Gasteiger partial charge in [-0.3, -0.25) is 9.89 Å². The van der Waals surface area contributed by atoms with Crippen molar-refractivity contribution in [1.29, 1.82) is 0 Å². The fraction of sp³-hybridized carbons (Fsp3) is 0. The van der Waals surface area contributed by atoms with E-state index in [1.165, 1.54) is 12.1 Å². The maximum atomic E-state index is 12.1. The van der Waals surface area contributed by atoms with Crippen molar-refractivity contribution in [2.24, 2.45) is 5.10 Å². The fourth-order valence-electron chi connectivity index (χ4n) is 2.04. The summed E-state index contributed by atoms with van der Waals surface area (Å²) < 4.78 is 0. The third-order valence-corrected chi connectivity index (χ3v) is 3.22. The fourth-order valence-corrected chi connectivity index (χ4v) is 2.04. The van der Waals surface area contributed by atoms with Gasteiger partial charge in [0.1, 0.15) is 0 Å². The molecule has 116 valence electrons. The van der Waals surface area contributed by atoms with Crippen LogP contribution in [0.5, 0.6) is 17.2 Å². The molecular formula is C15H12N4O4. The molecule has 0 atom stereocenters. The van der Waals surface area contributed by atoms with Crippen LogP contribution in [0.3, 0.4) is 0 Å². The van der Waals surface area contributed by atoms with E-state index in [9.17, 15) is 20.1 Å². The highest BCUT2D eigenvalue weighted by molar-refractivity contribution is 6.04. The van der Waals surface area contributed by atoms with Crippen molar-refractivity contribution in [3.63, 3.8) is 0 Å². The lowest BCUT2D eigenvalue weighted by Crippen LogP contribution is -2.18. The molecule has 0 aliphatic carbocycles. The van der Waals surface area contributed by atoms with Gasteiger partial charge < -0.3 is 15.3 Å². The summed E-state index contributed by atoms with van der Waals surface area (Å²) in [4.78, 5) is 12.1. The first-order valence-corrected chi connectivity index (χ1v) is 6.58. The van der Waals surface area contributed by atoms with Gasteiger partial charge in [-0.15, -0.1) is 0 Å². The quantitative estimate of drug-likeness (QED) is 0.284. The number of phenolic OH excluding ortho intramolecular Hbond substituents is 3. The van der Waals surface area contributed by atoms with Crippen molar-refractivity contribution >= 4 is 23.0 Å². The monoisotopic (exact) mass is 312 g/mol. The Labute approximate surface area is 129 Å². The van der Waals surface area contributed by atoms with Crippen LogP contribution in [0.25, 0.3) is 10.9 Å². The topological polar surface area (TPSA) is 131 Å². The number of rotatable bonds is 3. The molecule has 0 saturated heterocycles. The lowest BCUT2D eigenvalue weighted by molar-refractivity contribution is 0.0951. The van der Waals surface area contributed by atoms with Gasteiger partial charge in [0.05, 0.1) is 11.7 Å². The van der Waals surface area contributed by atoms with Crippen molar-refractivity contribution in [2.75, 3.05) is 0 Å². The summed E-state index contributed by atoms with van der Waals surface area (Å²) in [5.41, 5.74) is 3.33. The second-order valence-electron chi connectivity index (χ2n) is 4.69. The summed E-state index contributed by atoms with van der Waals surface area (Å²) >= 11 is 0. The van der Waals surface area contributed by atoms with Crippen molar-refractivity contribution < 1.29 is 20.1 Å². The van der Waals surface area contributed by atoms with Gasteiger partial charge in [0.15, 0.2) is 17.2 Å². The summed E-state index contributed by atoms with van der Waals surface area (Å²) in [7, 11) is 0. The second kappa shape index (κ2) is 5.68. The number of benzene rings is 2. The van der Waals surface area contributed by atoms with E-state index in [0.29, 0.717) is 5.39 Å². The second-order valence-corrected chi connectivity index (χ2v) is 4.69. The number of H-pyrrole nitrogens is 1. The average Bonchev–Trinajstić information content (AvgIpc) is 2.99. The Kier molecular flexibility index (Phi) is 3.55. The van der Waals surface area contributed by atoms with Crippen molar-refractivity contribution in [2.45, 2.75) is 0 Å². The molecule has 3 aromatic rings. The number of amides is 1. The average molecular weight is 312 g/mol. The van der Waals surface area contributed by atoms with E-state index >= 15 is 0 Å². The van der Waals surface area contributed by atoms with Gasteiger partial charge in [0.2, 0.25) is 5.75 Å². The number of phenols is 3. The zero-order valence-corrected chi connectivity index (χ0v) is 11.7. The van der Waals surface area contributed by atoms with E-state index < -0.39 is 23.2 Å². The number of aromatic nitrogens is 2. The van der Waals surface area contributed by atoms with Gasteiger partial charge >= 0.3 is 0 Å². The predicted molar refractivity (Wildman–Crippen MR) is 82.6 cm³/mol. The molecule has 0 saturated carbocycles. The van der Waals surface area contributed by atoms with E-state index in [1.807, 2.05) is 6.07 Å². The Morgan fingerprint density at radius 2 is 1.91 bits per heavy atom. The van der Waals surface area contributed by atoms with Crippen LogP contribution in [0.4, 0.5) is 0 Å². The standard InChI is InChI=1S/C15H12N4O4/c20-11-6-5-8(13(21)14(11)22)7-16-19-15(23)12-9-3-1-2-4-10(9)17-18-12/h1-7,20-22H,(H,17,18)(H,19,23)/b16-7+. The van der Waals surface area contributed by atoms with Crippen LogP contribution in [-0.4, -0.2) is 37.6 Å². The number of hydrazone groups is 1. The summed E-state index contributed by atoms with van der Waals surface area (Å²) in [6, 6.07) is 9.68. The minimum absolute atomic E-state index is 0.132. The number of hydrogen-bond donors (Lipinski definition) is 5. The lowest BCUT2D eigenvalue weighted by Gasteiger charge is -2.03. The smallest absolute Gasteiger partial charge is 0.292 e. The predicted octanol–water partition coefficient (Wildman–Crippen LogP) is 1.44. The Morgan fingerprint density at radius 3 is 2.74 bits per heavy atom. The first kappa shape index (κ1) is 14.4. The maximum Gasteiger partial charge on any atom is 0.292 e. The number of carbonyl (C=O) groups is 1. The van der Waals surface area contributed by atoms with Crippen molar-refractivity contribution in [3.05, 3.63) is 47.7 Å². The summed E-state index contributed by atoms with van der Waals surface area (Å²) in [6.07, 6.45) is 1.14. The minimum Gasteiger partial charge on any atom is -0.504 e. The number of hydrogen-bond acceptors (Lipinski definition) is 6. The number of nitrogens with zero attached hydrogens (tertiary/aromatic N) is 2. The molecule has 8 heteroatoms. The first-order chi connectivity index (χ1) is 11.1. The summed E-state index contributed by atoms with van der Waals surface area (Å²) in [5, 5.41) is 39.3.